The molecule has 2 aromatic carbocycles. The van der Waals surface area contributed by atoms with Crippen LogP contribution in [0.15, 0.2) is 42.5 Å². The van der Waals surface area contributed by atoms with Crippen molar-refractivity contribution < 1.29 is 4.79 Å². The molecule has 0 aromatic heterocycles. The van der Waals surface area contributed by atoms with Gasteiger partial charge in [0.15, 0.2) is 0 Å². The quantitative estimate of drug-likeness (QED) is 0.839. The summed E-state index contributed by atoms with van der Waals surface area (Å²) in [7, 11) is 0. The minimum atomic E-state index is -0.199. The van der Waals surface area contributed by atoms with Gasteiger partial charge < -0.3 is 5.32 Å². The summed E-state index contributed by atoms with van der Waals surface area (Å²) in [6.07, 6.45) is 0. The number of rotatable bonds is 4. The Hall–Kier alpha value is -1.51. The van der Waals surface area contributed by atoms with Crippen molar-refractivity contribution in [2.45, 2.75) is 26.3 Å². The minimum Gasteiger partial charge on any atom is -0.348 e. The second-order valence-corrected chi connectivity index (χ2v) is 6.00. The van der Waals surface area contributed by atoms with E-state index in [4.69, 9.17) is 23.2 Å². The standard InChI is InChI=1S/C17H17Cl2NO/c1-11(2)14-6-4-3-5-12(14)10-20-17(21)15-8-7-13(18)9-16(15)19/h3-9,11H,10H2,1-2H3,(H,20,21). The molecule has 110 valence electrons. The molecular weight excluding hydrogens is 305 g/mol. The molecule has 0 aliphatic heterocycles. The fourth-order valence-corrected chi connectivity index (χ4v) is 2.70. The van der Waals surface area contributed by atoms with Gasteiger partial charge in [-0.1, -0.05) is 61.3 Å². The molecule has 0 fully saturated rings. The lowest BCUT2D eigenvalue weighted by Crippen LogP contribution is -2.23. The first-order chi connectivity index (χ1) is 9.99. The topological polar surface area (TPSA) is 29.1 Å². The second-order valence-electron chi connectivity index (χ2n) is 5.16. The zero-order valence-electron chi connectivity index (χ0n) is 12.0. The summed E-state index contributed by atoms with van der Waals surface area (Å²) in [5.41, 5.74) is 2.79. The summed E-state index contributed by atoms with van der Waals surface area (Å²) in [5.74, 6) is 0.215. The van der Waals surface area contributed by atoms with E-state index in [-0.39, 0.29) is 5.91 Å². The molecule has 0 spiro atoms. The number of carbonyl (C=O) groups excluding carboxylic acids is 1. The third kappa shape index (κ3) is 3.99. The van der Waals surface area contributed by atoms with Crippen LogP contribution in [0.3, 0.4) is 0 Å². The minimum absolute atomic E-state index is 0.199. The van der Waals surface area contributed by atoms with Crippen molar-refractivity contribution in [3.63, 3.8) is 0 Å². The average Bonchev–Trinajstić information content (AvgIpc) is 2.45. The molecule has 0 radical (unpaired) electrons. The highest BCUT2D eigenvalue weighted by Crippen LogP contribution is 2.22. The molecular formula is C17H17Cl2NO. The molecule has 2 nitrogen and oxygen atoms in total. The third-order valence-electron chi connectivity index (χ3n) is 3.29. The Morgan fingerprint density at radius 3 is 2.52 bits per heavy atom. The Kier molecular flexibility index (Phi) is 5.27. The first-order valence-electron chi connectivity index (χ1n) is 6.80. The van der Waals surface area contributed by atoms with Crippen LogP contribution in [-0.4, -0.2) is 5.91 Å². The average molecular weight is 322 g/mol. The van der Waals surface area contributed by atoms with Gasteiger partial charge in [0.1, 0.15) is 0 Å². The van der Waals surface area contributed by atoms with E-state index in [1.54, 1.807) is 18.2 Å². The molecule has 0 aliphatic carbocycles. The molecule has 0 atom stereocenters. The smallest absolute Gasteiger partial charge is 0.253 e. The van der Waals surface area contributed by atoms with Gasteiger partial charge in [0.25, 0.3) is 5.91 Å². The van der Waals surface area contributed by atoms with Gasteiger partial charge in [0.2, 0.25) is 0 Å². The summed E-state index contributed by atoms with van der Waals surface area (Å²) in [4.78, 5) is 12.2. The van der Waals surface area contributed by atoms with Crippen molar-refractivity contribution in [2.75, 3.05) is 0 Å². The second kappa shape index (κ2) is 6.97. The Morgan fingerprint density at radius 2 is 1.86 bits per heavy atom. The monoisotopic (exact) mass is 321 g/mol. The van der Waals surface area contributed by atoms with Crippen LogP contribution in [0.1, 0.15) is 41.3 Å². The summed E-state index contributed by atoms with van der Waals surface area (Å²) < 4.78 is 0. The lowest BCUT2D eigenvalue weighted by molar-refractivity contribution is 0.0951. The Bertz CT molecular complexity index is 653. The summed E-state index contributed by atoms with van der Waals surface area (Å²) in [6, 6.07) is 13.0. The van der Waals surface area contributed by atoms with E-state index >= 15 is 0 Å². The van der Waals surface area contributed by atoms with Crippen molar-refractivity contribution in [3.05, 3.63) is 69.2 Å². The molecule has 0 heterocycles. The zero-order chi connectivity index (χ0) is 15.4. The van der Waals surface area contributed by atoms with Crippen LogP contribution in [0.4, 0.5) is 0 Å². The number of hydrogen-bond acceptors (Lipinski definition) is 1. The predicted octanol–water partition coefficient (Wildman–Crippen LogP) is 5.05. The maximum absolute atomic E-state index is 12.2. The third-order valence-corrected chi connectivity index (χ3v) is 3.84. The van der Waals surface area contributed by atoms with Crippen LogP contribution in [-0.2, 0) is 6.54 Å². The number of nitrogens with one attached hydrogen (secondary N) is 1. The fourth-order valence-electron chi connectivity index (χ4n) is 2.20. The van der Waals surface area contributed by atoms with Crippen molar-refractivity contribution >= 4 is 29.1 Å². The molecule has 1 N–H and O–H groups in total. The predicted molar refractivity (Wildman–Crippen MR) is 88.2 cm³/mol. The number of benzene rings is 2. The number of hydrogen-bond donors (Lipinski definition) is 1. The molecule has 21 heavy (non-hydrogen) atoms. The maximum atomic E-state index is 12.2. The van der Waals surface area contributed by atoms with Gasteiger partial charge in [0, 0.05) is 11.6 Å². The maximum Gasteiger partial charge on any atom is 0.253 e. The van der Waals surface area contributed by atoms with Crippen molar-refractivity contribution in [3.8, 4) is 0 Å². The molecule has 1 amide bonds. The van der Waals surface area contributed by atoms with Gasteiger partial charge in [-0.3, -0.25) is 4.79 Å². The van der Waals surface area contributed by atoms with Gasteiger partial charge in [-0.05, 0) is 35.2 Å². The molecule has 0 unspecified atom stereocenters. The molecule has 4 heteroatoms. The van der Waals surface area contributed by atoms with Gasteiger partial charge >= 0.3 is 0 Å². The first-order valence-corrected chi connectivity index (χ1v) is 7.55. The van der Waals surface area contributed by atoms with Crippen molar-refractivity contribution in [1.82, 2.24) is 5.32 Å². The lowest BCUT2D eigenvalue weighted by atomic mass is 9.97. The molecule has 0 bridgehead atoms. The van der Waals surface area contributed by atoms with Gasteiger partial charge in [-0.2, -0.15) is 0 Å². The zero-order valence-corrected chi connectivity index (χ0v) is 13.5. The Labute approximate surface area is 135 Å². The van der Waals surface area contributed by atoms with Gasteiger partial charge in [-0.25, -0.2) is 0 Å². The van der Waals surface area contributed by atoms with E-state index in [0.29, 0.717) is 28.1 Å². The summed E-state index contributed by atoms with van der Waals surface area (Å²) in [5, 5.41) is 3.78. The molecule has 0 aliphatic rings. The van der Waals surface area contributed by atoms with Crippen LogP contribution >= 0.6 is 23.2 Å². The van der Waals surface area contributed by atoms with E-state index in [2.05, 4.69) is 25.2 Å². The SMILES string of the molecule is CC(C)c1ccccc1CNC(=O)c1ccc(Cl)cc1Cl. The van der Waals surface area contributed by atoms with Crippen molar-refractivity contribution in [1.29, 1.82) is 0 Å². The fraction of sp³-hybridized carbons (Fsp3) is 0.235. The van der Waals surface area contributed by atoms with Crippen LogP contribution in [0.5, 0.6) is 0 Å². The highest BCUT2D eigenvalue weighted by atomic mass is 35.5. The van der Waals surface area contributed by atoms with E-state index in [9.17, 15) is 4.79 Å². The first kappa shape index (κ1) is 15.9. The van der Waals surface area contributed by atoms with Crippen molar-refractivity contribution in [2.24, 2.45) is 0 Å². The molecule has 2 aromatic rings. The normalized spacial score (nSPS) is 10.7. The summed E-state index contributed by atoms with van der Waals surface area (Å²) in [6.45, 7) is 4.75. The van der Waals surface area contributed by atoms with Gasteiger partial charge in [0.05, 0.1) is 10.6 Å². The highest BCUT2D eigenvalue weighted by Gasteiger charge is 2.12. The van der Waals surface area contributed by atoms with Crippen LogP contribution in [0.25, 0.3) is 0 Å². The van der Waals surface area contributed by atoms with Crippen LogP contribution in [0.2, 0.25) is 10.0 Å². The molecule has 0 saturated carbocycles. The molecule has 0 saturated heterocycles. The van der Waals surface area contributed by atoms with E-state index < -0.39 is 0 Å². The van der Waals surface area contributed by atoms with Gasteiger partial charge in [-0.15, -0.1) is 0 Å². The number of carbonyl (C=O) groups is 1. The Morgan fingerprint density at radius 1 is 1.14 bits per heavy atom. The summed E-state index contributed by atoms with van der Waals surface area (Å²) >= 11 is 11.9. The largest absolute Gasteiger partial charge is 0.348 e. The number of amides is 1. The lowest BCUT2D eigenvalue weighted by Gasteiger charge is -2.13. The molecule has 2 rings (SSSR count). The number of halogens is 2. The highest BCUT2D eigenvalue weighted by molar-refractivity contribution is 6.36. The van der Waals surface area contributed by atoms with Crippen LogP contribution < -0.4 is 5.32 Å². The van der Waals surface area contributed by atoms with Crippen LogP contribution in [0, 0.1) is 0 Å². The van der Waals surface area contributed by atoms with E-state index in [1.165, 1.54) is 5.56 Å². The van der Waals surface area contributed by atoms with E-state index in [1.807, 2.05) is 18.2 Å². The Balaban J connectivity index is 2.11. The van der Waals surface area contributed by atoms with E-state index in [0.717, 1.165) is 5.56 Å².